The lowest BCUT2D eigenvalue weighted by atomic mass is 9.93. The van der Waals surface area contributed by atoms with Gasteiger partial charge in [0.2, 0.25) is 15.9 Å². The van der Waals surface area contributed by atoms with Crippen molar-refractivity contribution in [3.05, 3.63) is 36.4 Å². The zero-order valence-electron chi connectivity index (χ0n) is 15.7. The second-order valence-corrected chi connectivity index (χ2v) is 9.89. The quantitative estimate of drug-likeness (QED) is 0.784. The number of hydrogen-bond donors (Lipinski definition) is 1. The monoisotopic (exact) mass is 389 g/mol. The molecule has 1 saturated carbocycles. The molecule has 27 heavy (non-hydrogen) atoms. The molecule has 2 fully saturated rings. The number of hydrogen-bond acceptors (Lipinski definition) is 4. The van der Waals surface area contributed by atoms with Crippen molar-refractivity contribution in [2.24, 2.45) is 17.8 Å². The Bertz CT molecular complexity index is 827. The number of amides is 1. The number of anilines is 1. The van der Waals surface area contributed by atoms with Crippen LogP contribution in [0.3, 0.4) is 0 Å². The van der Waals surface area contributed by atoms with Crippen LogP contribution in [-0.4, -0.2) is 56.3 Å². The van der Waals surface area contributed by atoms with E-state index in [1.807, 2.05) is 0 Å². The molecule has 0 radical (unpaired) electrons. The van der Waals surface area contributed by atoms with Crippen LogP contribution in [0.1, 0.15) is 19.8 Å². The average Bonchev–Trinajstić information content (AvgIpc) is 3.25. The van der Waals surface area contributed by atoms with E-state index in [9.17, 15) is 13.2 Å². The zero-order valence-corrected chi connectivity index (χ0v) is 16.5. The van der Waals surface area contributed by atoms with Crippen molar-refractivity contribution in [2.75, 3.05) is 38.0 Å². The highest BCUT2D eigenvalue weighted by molar-refractivity contribution is 7.89. The molecule has 3 aliphatic rings. The van der Waals surface area contributed by atoms with Gasteiger partial charge in [0, 0.05) is 45.3 Å². The van der Waals surface area contributed by atoms with Gasteiger partial charge >= 0.3 is 0 Å². The number of carbonyl (C=O) groups excluding carboxylic acids is 1. The summed E-state index contributed by atoms with van der Waals surface area (Å²) < 4.78 is 27.4. The van der Waals surface area contributed by atoms with Crippen LogP contribution in [0.25, 0.3) is 0 Å². The van der Waals surface area contributed by atoms with E-state index in [1.165, 1.54) is 19.8 Å². The second-order valence-electron chi connectivity index (χ2n) is 7.95. The van der Waals surface area contributed by atoms with Gasteiger partial charge in [-0.3, -0.25) is 4.79 Å². The highest BCUT2D eigenvalue weighted by Crippen LogP contribution is 2.43. The van der Waals surface area contributed by atoms with Crippen molar-refractivity contribution in [3.8, 4) is 0 Å². The van der Waals surface area contributed by atoms with E-state index in [4.69, 9.17) is 0 Å². The second kappa shape index (κ2) is 7.37. The van der Waals surface area contributed by atoms with Crippen LogP contribution in [-0.2, 0) is 14.8 Å². The van der Waals surface area contributed by atoms with E-state index in [1.54, 1.807) is 28.6 Å². The summed E-state index contributed by atoms with van der Waals surface area (Å²) in [4.78, 5) is 13.8. The first-order chi connectivity index (χ1) is 12.9. The molecule has 0 aromatic heterocycles. The molecule has 6 nitrogen and oxygen atoms in total. The van der Waals surface area contributed by atoms with Crippen LogP contribution < -0.4 is 5.32 Å². The molecular weight excluding hydrogens is 362 g/mol. The van der Waals surface area contributed by atoms with Crippen LogP contribution in [0.5, 0.6) is 0 Å². The van der Waals surface area contributed by atoms with Gasteiger partial charge in [0.15, 0.2) is 0 Å². The summed E-state index contributed by atoms with van der Waals surface area (Å²) in [6.45, 7) is 5.17. The van der Waals surface area contributed by atoms with E-state index in [0.717, 1.165) is 37.4 Å². The highest BCUT2D eigenvalue weighted by atomic mass is 32.2. The first-order valence-corrected chi connectivity index (χ1v) is 11.1. The van der Waals surface area contributed by atoms with Gasteiger partial charge in [0.05, 0.1) is 4.90 Å². The third-order valence-electron chi connectivity index (χ3n) is 6.05. The van der Waals surface area contributed by atoms with Gasteiger partial charge in [0.25, 0.3) is 0 Å². The van der Waals surface area contributed by atoms with Crippen LogP contribution in [0, 0.1) is 17.8 Å². The van der Waals surface area contributed by atoms with Gasteiger partial charge in [-0.25, -0.2) is 8.42 Å². The van der Waals surface area contributed by atoms with Gasteiger partial charge in [-0.15, -0.1) is 0 Å². The Morgan fingerprint density at radius 1 is 1.07 bits per heavy atom. The Hall–Kier alpha value is -1.70. The molecule has 1 aromatic carbocycles. The van der Waals surface area contributed by atoms with E-state index in [-0.39, 0.29) is 10.8 Å². The third-order valence-corrected chi connectivity index (χ3v) is 7.97. The van der Waals surface area contributed by atoms with Crippen molar-refractivity contribution < 1.29 is 13.2 Å². The maximum atomic E-state index is 12.9. The summed E-state index contributed by atoms with van der Waals surface area (Å²) in [5.41, 5.74) is 0.603. The number of sulfonamides is 1. The average molecular weight is 390 g/mol. The van der Waals surface area contributed by atoms with E-state index in [2.05, 4.69) is 22.4 Å². The number of piperazine rings is 1. The molecule has 2 bridgehead atoms. The van der Waals surface area contributed by atoms with Crippen LogP contribution in [0.2, 0.25) is 0 Å². The highest BCUT2D eigenvalue weighted by Gasteiger charge is 2.37. The molecule has 1 saturated heterocycles. The SMILES string of the molecule is CC(=O)Nc1ccc(S(=O)(=O)N2CCN(C[C@H]3C[C@@H]4C=C[C@@H]3C4)CC2)cc1. The predicted molar refractivity (Wildman–Crippen MR) is 105 cm³/mol. The Morgan fingerprint density at radius 3 is 2.33 bits per heavy atom. The Morgan fingerprint density at radius 2 is 1.78 bits per heavy atom. The van der Waals surface area contributed by atoms with Gasteiger partial charge in [-0.05, 0) is 54.9 Å². The van der Waals surface area contributed by atoms with Crippen molar-refractivity contribution in [1.82, 2.24) is 9.21 Å². The molecule has 1 N–H and O–H groups in total. The minimum Gasteiger partial charge on any atom is -0.326 e. The summed E-state index contributed by atoms with van der Waals surface area (Å²) >= 11 is 0. The van der Waals surface area contributed by atoms with Crippen molar-refractivity contribution in [3.63, 3.8) is 0 Å². The lowest BCUT2D eigenvalue weighted by Crippen LogP contribution is -2.49. The molecule has 7 heteroatoms. The summed E-state index contributed by atoms with van der Waals surface area (Å²) in [6.07, 6.45) is 7.35. The summed E-state index contributed by atoms with van der Waals surface area (Å²) in [5.74, 6) is 2.08. The Balaban J connectivity index is 1.34. The van der Waals surface area contributed by atoms with Gasteiger partial charge in [0.1, 0.15) is 0 Å². The van der Waals surface area contributed by atoms with Crippen molar-refractivity contribution >= 4 is 21.6 Å². The van der Waals surface area contributed by atoms with E-state index in [0.29, 0.717) is 18.8 Å². The van der Waals surface area contributed by atoms with Gasteiger partial charge < -0.3 is 10.2 Å². The fraction of sp³-hybridized carbons (Fsp3) is 0.550. The fourth-order valence-electron chi connectivity index (χ4n) is 4.65. The smallest absolute Gasteiger partial charge is 0.243 e. The number of allylic oxidation sites excluding steroid dienone is 2. The summed E-state index contributed by atoms with van der Waals surface area (Å²) in [6, 6.07) is 6.39. The summed E-state index contributed by atoms with van der Waals surface area (Å²) in [7, 11) is -3.48. The van der Waals surface area contributed by atoms with E-state index >= 15 is 0 Å². The fourth-order valence-corrected chi connectivity index (χ4v) is 6.07. The number of nitrogens with one attached hydrogen (secondary N) is 1. The summed E-state index contributed by atoms with van der Waals surface area (Å²) in [5, 5.41) is 2.66. The maximum absolute atomic E-state index is 12.9. The minimum atomic E-state index is -3.48. The van der Waals surface area contributed by atoms with Crippen LogP contribution in [0.15, 0.2) is 41.3 Å². The minimum absolute atomic E-state index is 0.173. The molecule has 1 amide bonds. The first kappa shape index (κ1) is 18.7. The normalized spacial score (nSPS) is 28.6. The Kier molecular flexibility index (Phi) is 5.09. The molecule has 1 aromatic rings. The van der Waals surface area contributed by atoms with Crippen LogP contribution >= 0.6 is 0 Å². The molecule has 0 unspecified atom stereocenters. The third kappa shape index (κ3) is 3.95. The van der Waals surface area contributed by atoms with Gasteiger partial charge in [-0.1, -0.05) is 12.2 Å². The van der Waals surface area contributed by atoms with Crippen molar-refractivity contribution in [2.45, 2.75) is 24.7 Å². The van der Waals surface area contributed by atoms with Gasteiger partial charge in [-0.2, -0.15) is 4.31 Å². The number of carbonyl (C=O) groups is 1. The molecular formula is C20H27N3O3S. The number of rotatable bonds is 5. The van der Waals surface area contributed by atoms with Crippen molar-refractivity contribution in [1.29, 1.82) is 0 Å². The molecule has 146 valence electrons. The molecule has 0 spiro atoms. The maximum Gasteiger partial charge on any atom is 0.243 e. The zero-order chi connectivity index (χ0) is 19.0. The molecule has 2 aliphatic carbocycles. The topological polar surface area (TPSA) is 69.7 Å². The molecule has 4 rings (SSSR count). The molecule has 3 atom stereocenters. The van der Waals surface area contributed by atoms with Crippen LogP contribution in [0.4, 0.5) is 5.69 Å². The van der Waals surface area contributed by atoms with E-state index < -0.39 is 10.0 Å². The largest absolute Gasteiger partial charge is 0.326 e. The number of fused-ring (bicyclic) bond motifs is 2. The number of benzene rings is 1. The molecule has 1 aliphatic heterocycles. The Labute approximate surface area is 161 Å². The first-order valence-electron chi connectivity index (χ1n) is 9.70. The lowest BCUT2D eigenvalue weighted by Gasteiger charge is -2.36. The lowest BCUT2D eigenvalue weighted by molar-refractivity contribution is -0.114. The number of nitrogens with zero attached hydrogens (tertiary/aromatic N) is 2. The standard InChI is InChI=1S/C20H27N3O3S/c1-15(24)21-19-4-6-20(7-5-19)27(25,26)23-10-8-22(9-11-23)14-18-13-16-2-3-17(18)12-16/h2-7,16-18H,8-14H2,1H3,(H,21,24)/t16-,17-,18-/m1/s1. The predicted octanol–water partition coefficient (Wildman–Crippen LogP) is 2.16. The molecule has 1 heterocycles.